The molecule has 0 atom stereocenters. The first-order chi connectivity index (χ1) is 9.74. The minimum atomic E-state index is 0.498. The molecule has 20 heavy (non-hydrogen) atoms. The van der Waals surface area contributed by atoms with E-state index in [9.17, 15) is 0 Å². The number of fused-ring (bicyclic) bond motifs is 1. The van der Waals surface area contributed by atoms with Crippen molar-refractivity contribution in [1.29, 1.82) is 10.5 Å². The van der Waals surface area contributed by atoms with Gasteiger partial charge in [0.25, 0.3) is 0 Å². The van der Waals surface area contributed by atoms with Crippen molar-refractivity contribution in [1.82, 2.24) is 9.55 Å². The van der Waals surface area contributed by atoms with E-state index in [1.54, 1.807) is 18.2 Å². The highest BCUT2D eigenvalue weighted by Gasteiger charge is 2.09. The van der Waals surface area contributed by atoms with Gasteiger partial charge in [0, 0.05) is 5.69 Å². The Kier molecular flexibility index (Phi) is 2.83. The van der Waals surface area contributed by atoms with Gasteiger partial charge in [-0.25, -0.2) is 0 Å². The second-order valence-electron chi connectivity index (χ2n) is 4.24. The van der Waals surface area contributed by atoms with Gasteiger partial charge in [-0.3, -0.25) is 4.57 Å². The molecule has 2 aromatic carbocycles. The maximum atomic E-state index is 9.13. The van der Waals surface area contributed by atoms with Crippen LogP contribution in [0.3, 0.4) is 0 Å². The molecule has 3 aromatic rings. The third kappa shape index (κ3) is 1.78. The third-order valence-corrected chi connectivity index (χ3v) is 3.36. The number of imidazole rings is 1. The zero-order chi connectivity index (χ0) is 14.1. The summed E-state index contributed by atoms with van der Waals surface area (Å²) in [5.74, 6) is 0. The third-order valence-electron chi connectivity index (χ3n) is 3.07. The number of aromatic nitrogens is 2. The molecule has 0 spiro atoms. The summed E-state index contributed by atoms with van der Waals surface area (Å²) in [6.45, 7) is 0. The van der Waals surface area contributed by atoms with Crippen molar-refractivity contribution in [3.05, 3.63) is 58.4 Å². The van der Waals surface area contributed by atoms with Crippen LogP contribution in [0, 0.1) is 27.4 Å². The van der Waals surface area contributed by atoms with Crippen molar-refractivity contribution < 1.29 is 0 Å². The van der Waals surface area contributed by atoms with Crippen molar-refractivity contribution in [2.75, 3.05) is 0 Å². The summed E-state index contributed by atoms with van der Waals surface area (Å²) in [6, 6.07) is 16.9. The van der Waals surface area contributed by atoms with Crippen LogP contribution < -0.4 is 0 Å². The van der Waals surface area contributed by atoms with Crippen molar-refractivity contribution in [2.24, 2.45) is 0 Å². The van der Waals surface area contributed by atoms with E-state index in [-0.39, 0.29) is 0 Å². The van der Waals surface area contributed by atoms with Gasteiger partial charge in [0.15, 0.2) is 4.77 Å². The lowest BCUT2D eigenvalue weighted by molar-refractivity contribution is 1.06. The number of para-hydroxylation sites is 1. The average molecular weight is 276 g/mol. The van der Waals surface area contributed by atoms with Crippen molar-refractivity contribution in [3.63, 3.8) is 0 Å². The van der Waals surface area contributed by atoms with Gasteiger partial charge < -0.3 is 4.98 Å². The van der Waals surface area contributed by atoms with Crippen molar-refractivity contribution in [3.8, 4) is 17.8 Å². The largest absolute Gasteiger partial charge is 0.329 e. The molecule has 1 heterocycles. The van der Waals surface area contributed by atoms with E-state index in [0.717, 1.165) is 11.2 Å². The number of nitriles is 2. The number of H-pyrrole nitrogens is 1. The molecule has 0 radical (unpaired) electrons. The molecule has 0 saturated carbocycles. The highest BCUT2D eigenvalue weighted by atomic mass is 32.1. The predicted octanol–water partition coefficient (Wildman–Crippen LogP) is 3.43. The number of nitrogens with zero attached hydrogens (tertiary/aromatic N) is 3. The monoisotopic (exact) mass is 276 g/mol. The van der Waals surface area contributed by atoms with E-state index in [0.29, 0.717) is 21.4 Å². The second kappa shape index (κ2) is 4.65. The van der Waals surface area contributed by atoms with Crippen LogP contribution in [0.2, 0.25) is 0 Å². The number of rotatable bonds is 1. The van der Waals surface area contributed by atoms with Crippen molar-refractivity contribution in [2.45, 2.75) is 0 Å². The number of hydrogen-bond donors (Lipinski definition) is 1. The molecule has 0 aliphatic carbocycles. The van der Waals surface area contributed by atoms with Gasteiger partial charge in [-0.15, -0.1) is 0 Å². The van der Waals surface area contributed by atoms with Gasteiger partial charge >= 0.3 is 0 Å². The van der Waals surface area contributed by atoms with Gasteiger partial charge in [0.1, 0.15) is 6.07 Å². The first-order valence-electron chi connectivity index (χ1n) is 5.89. The van der Waals surface area contributed by atoms with Crippen LogP contribution in [0.15, 0.2) is 42.5 Å². The Labute approximate surface area is 120 Å². The summed E-state index contributed by atoms with van der Waals surface area (Å²) in [5.41, 5.74) is 3.45. The number of benzene rings is 2. The number of hydrogen-bond acceptors (Lipinski definition) is 3. The molecule has 4 nitrogen and oxygen atoms in total. The van der Waals surface area contributed by atoms with Crippen LogP contribution in [0.4, 0.5) is 0 Å². The van der Waals surface area contributed by atoms with E-state index in [1.807, 2.05) is 28.8 Å². The fourth-order valence-electron chi connectivity index (χ4n) is 2.19. The Morgan fingerprint density at radius 3 is 2.60 bits per heavy atom. The molecule has 94 valence electrons. The van der Waals surface area contributed by atoms with Crippen LogP contribution in [0.1, 0.15) is 11.1 Å². The van der Waals surface area contributed by atoms with E-state index in [4.69, 9.17) is 22.7 Å². The minimum absolute atomic E-state index is 0.498. The molecule has 0 unspecified atom stereocenters. The number of nitrogens with one attached hydrogen (secondary N) is 1. The molecule has 0 amide bonds. The molecule has 0 fully saturated rings. The van der Waals surface area contributed by atoms with Crippen LogP contribution in [-0.4, -0.2) is 9.55 Å². The van der Waals surface area contributed by atoms with E-state index in [1.165, 1.54) is 0 Å². The summed E-state index contributed by atoms with van der Waals surface area (Å²) in [5, 5.41) is 18.1. The van der Waals surface area contributed by atoms with Crippen LogP contribution in [-0.2, 0) is 0 Å². The molecule has 0 aliphatic heterocycles. The first-order valence-corrected chi connectivity index (χ1v) is 6.30. The Morgan fingerprint density at radius 2 is 1.85 bits per heavy atom. The minimum Gasteiger partial charge on any atom is -0.329 e. The average Bonchev–Trinajstić information content (AvgIpc) is 2.83. The molecular weight excluding hydrogens is 268 g/mol. The molecule has 0 aliphatic rings. The van der Waals surface area contributed by atoms with Gasteiger partial charge in [-0.2, -0.15) is 10.5 Å². The Balaban J connectivity index is 2.38. The fourth-order valence-corrected chi connectivity index (χ4v) is 2.50. The number of aromatic amines is 1. The topological polar surface area (TPSA) is 68.3 Å². The van der Waals surface area contributed by atoms with E-state index < -0.39 is 0 Å². The van der Waals surface area contributed by atoms with Gasteiger partial charge in [-0.1, -0.05) is 12.1 Å². The molecule has 1 N–H and O–H groups in total. The summed E-state index contributed by atoms with van der Waals surface area (Å²) < 4.78 is 2.32. The first kappa shape index (κ1) is 12.2. The maximum absolute atomic E-state index is 9.13. The molecule has 0 saturated heterocycles. The lowest BCUT2D eigenvalue weighted by Gasteiger charge is -2.04. The highest BCUT2D eigenvalue weighted by Crippen LogP contribution is 2.22. The quantitative estimate of drug-likeness (QED) is 0.692. The Bertz CT molecular complexity index is 950. The lowest BCUT2D eigenvalue weighted by atomic mass is 10.2. The highest BCUT2D eigenvalue weighted by molar-refractivity contribution is 7.71. The summed E-state index contributed by atoms with van der Waals surface area (Å²) in [4.78, 5) is 3.05. The summed E-state index contributed by atoms with van der Waals surface area (Å²) >= 11 is 5.34. The van der Waals surface area contributed by atoms with Gasteiger partial charge in [0.2, 0.25) is 0 Å². The SMILES string of the molecule is N#Cc1cccc(-n2c(=S)[nH]c3c(C#N)cccc32)c1. The lowest BCUT2D eigenvalue weighted by Crippen LogP contribution is -1.94. The van der Waals surface area contributed by atoms with Gasteiger partial charge in [0.05, 0.1) is 28.2 Å². The van der Waals surface area contributed by atoms with Gasteiger partial charge in [-0.05, 0) is 42.5 Å². The van der Waals surface area contributed by atoms with E-state index in [2.05, 4.69) is 17.1 Å². The van der Waals surface area contributed by atoms with E-state index >= 15 is 0 Å². The standard InChI is InChI=1S/C15H8N4S/c16-8-10-3-1-5-12(7-10)19-13-6-2-4-11(9-17)14(13)18-15(19)20/h1-7H,(H,18,20). The predicted molar refractivity (Wildman–Crippen MR) is 77.9 cm³/mol. The van der Waals surface area contributed by atoms with Crippen LogP contribution in [0.25, 0.3) is 16.7 Å². The fraction of sp³-hybridized carbons (Fsp3) is 0. The van der Waals surface area contributed by atoms with Crippen LogP contribution in [0.5, 0.6) is 0 Å². The smallest absolute Gasteiger partial charge is 0.182 e. The molecular formula is C15H8N4S. The Morgan fingerprint density at radius 1 is 1.05 bits per heavy atom. The van der Waals surface area contributed by atoms with Crippen LogP contribution >= 0.6 is 12.2 Å². The molecule has 3 rings (SSSR count). The summed E-state index contributed by atoms with van der Waals surface area (Å²) in [7, 11) is 0. The summed E-state index contributed by atoms with van der Waals surface area (Å²) in [6.07, 6.45) is 0. The second-order valence-corrected chi connectivity index (χ2v) is 4.63. The normalized spacial score (nSPS) is 10.1. The zero-order valence-corrected chi connectivity index (χ0v) is 11.1. The molecule has 5 heteroatoms. The van der Waals surface area contributed by atoms with Crippen molar-refractivity contribution >= 4 is 23.3 Å². The molecule has 0 bridgehead atoms. The molecule has 1 aromatic heterocycles. The Hall–Kier alpha value is -2.89. The zero-order valence-electron chi connectivity index (χ0n) is 10.3. The maximum Gasteiger partial charge on any atom is 0.182 e.